The number of nitrogens with one attached hydrogen (secondary N) is 2. The lowest BCUT2D eigenvalue weighted by Crippen LogP contribution is -2.11. The minimum Gasteiger partial charge on any atom is -0.406 e. The number of anilines is 3. The van der Waals surface area contributed by atoms with E-state index >= 15 is 0 Å². The maximum atomic E-state index is 5.51. The van der Waals surface area contributed by atoms with Crippen LogP contribution in [0.3, 0.4) is 0 Å². The summed E-state index contributed by atoms with van der Waals surface area (Å²) in [5.74, 6) is 0.576. The summed E-state index contributed by atoms with van der Waals surface area (Å²) in [6.07, 6.45) is 0. The second kappa shape index (κ2) is 6.19. The lowest BCUT2D eigenvalue weighted by atomic mass is 10.2. The van der Waals surface area contributed by atoms with Gasteiger partial charge in [0.15, 0.2) is 0 Å². The Kier molecular flexibility index (Phi) is 4.35. The number of hydrogen-bond donors (Lipinski definition) is 2. The highest BCUT2D eigenvalue weighted by Gasteiger charge is 2.09. The van der Waals surface area contributed by atoms with E-state index in [1.807, 2.05) is 50.2 Å². The maximum Gasteiger partial charge on any atom is 0.320 e. The van der Waals surface area contributed by atoms with Gasteiger partial charge in [-0.2, -0.15) is 0 Å². The van der Waals surface area contributed by atoms with Crippen molar-refractivity contribution in [3.63, 3.8) is 0 Å². The number of para-hydroxylation sites is 2. The fraction of sp³-hybridized carbons (Fsp3) is 0.385. The van der Waals surface area contributed by atoms with E-state index in [1.165, 1.54) is 0 Å². The molecule has 1 aromatic carbocycles. The molecule has 0 aliphatic carbocycles. The van der Waals surface area contributed by atoms with Crippen molar-refractivity contribution in [2.45, 2.75) is 13.5 Å². The van der Waals surface area contributed by atoms with Gasteiger partial charge in [0.2, 0.25) is 5.89 Å². The first-order chi connectivity index (χ1) is 9.20. The van der Waals surface area contributed by atoms with E-state index in [0.29, 0.717) is 18.5 Å². The minimum absolute atomic E-state index is 0.405. The predicted molar refractivity (Wildman–Crippen MR) is 75.7 cm³/mol. The molecule has 0 amide bonds. The molecule has 2 rings (SSSR count). The molecule has 2 aromatic rings. The SMILES string of the molecule is CCNCc1nnc(Nc2ccccc2N(C)C)o1. The summed E-state index contributed by atoms with van der Waals surface area (Å²) < 4.78 is 5.51. The van der Waals surface area contributed by atoms with Crippen molar-refractivity contribution in [3.05, 3.63) is 30.2 Å². The summed E-state index contributed by atoms with van der Waals surface area (Å²) in [4.78, 5) is 2.03. The molecule has 2 N–H and O–H groups in total. The third-order valence-corrected chi connectivity index (χ3v) is 2.62. The zero-order valence-electron chi connectivity index (χ0n) is 11.5. The first kappa shape index (κ1) is 13.4. The van der Waals surface area contributed by atoms with Gasteiger partial charge in [0.05, 0.1) is 17.9 Å². The summed E-state index contributed by atoms with van der Waals surface area (Å²) in [5, 5.41) is 14.2. The van der Waals surface area contributed by atoms with Crippen LogP contribution in [0.4, 0.5) is 17.4 Å². The number of benzene rings is 1. The molecular formula is C13H19N5O. The van der Waals surface area contributed by atoms with Gasteiger partial charge in [0.25, 0.3) is 0 Å². The van der Waals surface area contributed by atoms with Crippen LogP contribution in [0.1, 0.15) is 12.8 Å². The Balaban J connectivity index is 2.10. The molecule has 1 heterocycles. The summed E-state index contributed by atoms with van der Waals surface area (Å²) in [7, 11) is 3.98. The monoisotopic (exact) mass is 261 g/mol. The highest BCUT2D eigenvalue weighted by Crippen LogP contribution is 2.26. The highest BCUT2D eigenvalue weighted by atomic mass is 16.4. The summed E-state index contributed by atoms with van der Waals surface area (Å²) >= 11 is 0. The van der Waals surface area contributed by atoms with Crippen LogP contribution in [0.2, 0.25) is 0 Å². The fourth-order valence-electron chi connectivity index (χ4n) is 1.69. The van der Waals surface area contributed by atoms with Crippen molar-refractivity contribution in [1.82, 2.24) is 15.5 Å². The molecule has 0 aliphatic heterocycles. The molecule has 0 saturated heterocycles. The van der Waals surface area contributed by atoms with E-state index in [0.717, 1.165) is 17.9 Å². The number of nitrogens with zero attached hydrogens (tertiary/aromatic N) is 3. The number of aromatic nitrogens is 2. The molecular weight excluding hydrogens is 242 g/mol. The Labute approximate surface area is 112 Å². The molecule has 6 nitrogen and oxygen atoms in total. The zero-order valence-corrected chi connectivity index (χ0v) is 11.5. The van der Waals surface area contributed by atoms with Gasteiger partial charge in [-0.15, -0.1) is 5.10 Å². The van der Waals surface area contributed by atoms with E-state index in [2.05, 4.69) is 20.8 Å². The van der Waals surface area contributed by atoms with E-state index in [4.69, 9.17) is 4.42 Å². The second-order valence-corrected chi connectivity index (χ2v) is 4.32. The van der Waals surface area contributed by atoms with Crippen LogP contribution in [0.15, 0.2) is 28.7 Å². The van der Waals surface area contributed by atoms with Crippen LogP contribution >= 0.6 is 0 Å². The first-order valence-electron chi connectivity index (χ1n) is 6.27. The van der Waals surface area contributed by atoms with Crippen molar-refractivity contribution >= 4 is 17.4 Å². The number of hydrogen-bond acceptors (Lipinski definition) is 6. The quantitative estimate of drug-likeness (QED) is 0.829. The average molecular weight is 261 g/mol. The van der Waals surface area contributed by atoms with E-state index in [-0.39, 0.29) is 0 Å². The van der Waals surface area contributed by atoms with E-state index in [9.17, 15) is 0 Å². The number of rotatable bonds is 6. The Morgan fingerprint density at radius 1 is 1.21 bits per heavy atom. The second-order valence-electron chi connectivity index (χ2n) is 4.32. The van der Waals surface area contributed by atoms with Gasteiger partial charge in [0, 0.05) is 14.1 Å². The normalized spacial score (nSPS) is 10.5. The molecule has 6 heteroatoms. The van der Waals surface area contributed by atoms with Crippen LogP contribution < -0.4 is 15.5 Å². The Bertz CT molecular complexity index is 523. The van der Waals surface area contributed by atoms with Gasteiger partial charge < -0.3 is 20.0 Å². The molecule has 0 unspecified atom stereocenters. The lowest BCUT2D eigenvalue weighted by molar-refractivity contribution is 0.484. The molecule has 0 radical (unpaired) electrons. The summed E-state index contributed by atoms with van der Waals surface area (Å²) in [6, 6.07) is 8.36. The van der Waals surface area contributed by atoms with Crippen LogP contribution in [-0.2, 0) is 6.54 Å². The van der Waals surface area contributed by atoms with Crippen molar-refractivity contribution < 1.29 is 4.42 Å². The molecule has 0 bridgehead atoms. The van der Waals surface area contributed by atoms with Gasteiger partial charge in [-0.3, -0.25) is 0 Å². The van der Waals surface area contributed by atoms with Gasteiger partial charge >= 0.3 is 6.01 Å². The Hall–Kier alpha value is -2.08. The zero-order chi connectivity index (χ0) is 13.7. The third-order valence-electron chi connectivity index (χ3n) is 2.62. The van der Waals surface area contributed by atoms with Crippen molar-refractivity contribution in [2.75, 3.05) is 30.9 Å². The van der Waals surface area contributed by atoms with Crippen LogP contribution in [0, 0.1) is 0 Å². The smallest absolute Gasteiger partial charge is 0.320 e. The molecule has 1 aromatic heterocycles. The van der Waals surface area contributed by atoms with Crippen LogP contribution in [-0.4, -0.2) is 30.8 Å². The largest absolute Gasteiger partial charge is 0.406 e. The first-order valence-corrected chi connectivity index (χ1v) is 6.27. The molecule has 0 fully saturated rings. The standard InChI is InChI=1S/C13H19N5O/c1-4-14-9-12-16-17-13(19-12)15-10-7-5-6-8-11(10)18(2)3/h5-8,14H,4,9H2,1-3H3,(H,15,17). The minimum atomic E-state index is 0.405. The fourth-order valence-corrected chi connectivity index (χ4v) is 1.69. The van der Waals surface area contributed by atoms with Crippen LogP contribution in [0.5, 0.6) is 0 Å². The van der Waals surface area contributed by atoms with Gasteiger partial charge in [0.1, 0.15) is 0 Å². The molecule has 0 saturated carbocycles. The van der Waals surface area contributed by atoms with Gasteiger partial charge in [-0.25, -0.2) is 0 Å². The summed E-state index contributed by atoms with van der Waals surface area (Å²) in [6.45, 7) is 3.48. The van der Waals surface area contributed by atoms with E-state index in [1.54, 1.807) is 0 Å². The predicted octanol–water partition coefficient (Wildman–Crippen LogP) is 1.99. The maximum absolute atomic E-state index is 5.51. The van der Waals surface area contributed by atoms with Crippen molar-refractivity contribution in [1.29, 1.82) is 0 Å². The summed E-state index contributed by atoms with van der Waals surface area (Å²) in [5.41, 5.74) is 2.00. The molecule has 19 heavy (non-hydrogen) atoms. The molecule has 0 spiro atoms. The lowest BCUT2D eigenvalue weighted by Gasteiger charge is -2.16. The average Bonchev–Trinajstić information content (AvgIpc) is 2.84. The van der Waals surface area contributed by atoms with Gasteiger partial charge in [-0.1, -0.05) is 24.2 Å². The van der Waals surface area contributed by atoms with Crippen molar-refractivity contribution in [3.8, 4) is 0 Å². The van der Waals surface area contributed by atoms with E-state index < -0.39 is 0 Å². The molecule has 0 atom stereocenters. The van der Waals surface area contributed by atoms with Gasteiger partial charge in [-0.05, 0) is 18.7 Å². The van der Waals surface area contributed by atoms with Crippen LogP contribution in [0.25, 0.3) is 0 Å². The molecule has 0 aliphatic rings. The topological polar surface area (TPSA) is 66.2 Å². The molecule has 102 valence electrons. The Morgan fingerprint density at radius 2 is 2.00 bits per heavy atom. The highest BCUT2D eigenvalue weighted by molar-refractivity contribution is 5.72. The Morgan fingerprint density at radius 3 is 2.74 bits per heavy atom. The van der Waals surface area contributed by atoms with Crippen molar-refractivity contribution in [2.24, 2.45) is 0 Å². The third kappa shape index (κ3) is 3.45.